The first kappa shape index (κ1) is 11.3. The lowest BCUT2D eigenvalue weighted by Gasteiger charge is -2.07. The molecule has 0 aliphatic heterocycles. The maximum Gasteiger partial charge on any atom is 0.125 e. The molecule has 1 aromatic rings. The van der Waals surface area contributed by atoms with Gasteiger partial charge < -0.3 is 10.4 Å². The number of hydrogen-bond donors (Lipinski definition) is 2. The number of halogens is 2. The molecule has 0 fully saturated rings. The molecule has 2 nitrogen and oxygen atoms in total. The van der Waals surface area contributed by atoms with Crippen LogP contribution in [0.4, 0.5) is 10.1 Å². The van der Waals surface area contributed by atoms with Gasteiger partial charge in [-0.05, 0) is 31.0 Å². The first-order valence-electron chi connectivity index (χ1n) is 4.54. The van der Waals surface area contributed by atoms with E-state index in [0.29, 0.717) is 17.3 Å². The van der Waals surface area contributed by atoms with Crippen molar-refractivity contribution in [2.24, 2.45) is 0 Å². The number of aliphatic hydroxyl groups is 1. The molecule has 0 amide bonds. The van der Waals surface area contributed by atoms with E-state index in [0.717, 1.165) is 12.8 Å². The third-order valence-corrected chi connectivity index (χ3v) is 2.16. The van der Waals surface area contributed by atoms with Crippen LogP contribution in [0.25, 0.3) is 0 Å². The number of rotatable bonds is 5. The molecule has 0 radical (unpaired) electrons. The number of nitrogens with one attached hydrogen (secondary N) is 1. The van der Waals surface area contributed by atoms with E-state index in [9.17, 15) is 4.39 Å². The second kappa shape index (κ2) is 5.83. The smallest absolute Gasteiger partial charge is 0.125 e. The average molecular weight is 218 g/mol. The predicted octanol–water partition coefficient (Wildman–Crippen LogP) is 2.66. The summed E-state index contributed by atoms with van der Waals surface area (Å²) in [7, 11) is 0. The van der Waals surface area contributed by atoms with Crippen molar-refractivity contribution in [3.8, 4) is 0 Å². The van der Waals surface area contributed by atoms with Crippen LogP contribution >= 0.6 is 11.6 Å². The molecule has 0 saturated heterocycles. The first-order chi connectivity index (χ1) is 6.74. The minimum absolute atomic E-state index is 0.179. The molecule has 0 heterocycles. The Morgan fingerprint density at radius 3 is 2.86 bits per heavy atom. The van der Waals surface area contributed by atoms with Crippen LogP contribution in [0.3, 0.4) is 0 Å². The fourth-order valence-corrected chi connectivity index (χ4v) is 1.28. The van der Waals surface area contributed by atoms with Gasteiger partial charge in [0.05, 0.1) is 10.7 Å². The maximum absolute atomic E-state index is 12.8. The molecule has 14 heavy (non-hydrogen) atoms. The van der Waals surface area contributed by atoms with Gasteiger partial charge in [-0.2, -0.15) is 0 Å². The molecular formula is C10H13ClFNO. The Balaban J connectivity index is 2.45. The van der Waals surface area contributed by atoms with Gasteiger partial charge in [0.15, 0.2) is 0 Å². The van der Waals surface area contributed by atoms with E-state index in [-0.39, 0.29) is 12.4 Å². The van der Waals surface area contributed by atoms with Crippen LogP contribution in [0.2, 0.25) is 5.02 Å². The number of aliphatic hydroxyl groups excluding tert-OH is 1. The van der Waals surface area contributed by atoms with Crippen molar-refractivity contribution in [3.05, 3.63) is 29.0 Å². The number of benzene rings is 1. The lowest BCUT2D eigenvalue weighted by Crippen LogP contribution is -2.03. The van der Waals surface area contributed by atoms with Crippen molar-refractivity contribution in [2.75, 3.05) is 18.5 Å². The van der Waals surface area contributed by atoms with Gasteiger partial charge in [0.25, 0.3) is 0 Å². The van der Waals surface area contributed by atoms with Crippen LogP contribution in [0.15, 0.2) is 18.2 Å². The highest BCUT2D eigenvalue weighted by Gasteiger charge is 2.00. The fraction of sp³-hybridized carbons (Fsp3) is 0.400. The van der Waals surface area contributed by atoms with Gasteiger partial charge in [0, 0.05) is 13.2 Å². The third-order valence-electron chi connectivity index (χ3n) is 1.83. The molecule has 2 N–H and O–H groups in total. The van der Waals surface area contributed by atoms with Gasteiger partial charge in [-0.3, -0.25) is 0 Å². The molecule has 0 spiro atoms. The van der Waals surface area contributed by atoms with Crippen molar-refractivity contribution >= 4 is 17.3 Å². The molecule has 1 rings (SSSR count). The van der Waals surface area contributed by atoms with Gasteiger partial charge in [0.2, 0.25) is 0 Å². The summed E-state index contributed by atoms with van der Waals surface area (Å²) >= 11 is 5.83. The molecule has 78 valence electrons. The number of hydrogen-bond acceptors (Lipinski definition) is 2. The van der Waals surface area contributed by atoms with Crippen LogP contribution in [0.1, 0.15) is 12.8 Å². The maximum atomic E-state index is 12.8. The monoisotopic (exact) mass is 217 g/mol. The Morgan fingerprint density at radius 2 is 2.14 bits per heavy atom. The zero-order chi connectivity index (χ0) is 10.4. The van der Waals surface area contributed by atoms with Crippen LogP contribution in [-0.2, 0) is 0 Å². The van der Waals surface area contributed by atoms with E-state index < -0.39 is 0 Å². The fourth-order valence-electron chi connectivity index (χ4n) is 1.09. The van der Waals surface area contributed by atoms with Gasteiger partial charge in [-0.25, -0.2) is 4.39 Å². The van der Waals surface area contributed by atoms with Gasteiger partial charge in [-0.15, -0.1) is 0 Å². The van der Waals surface area contributed by atoms with E-state index in [4.69, 9.17) is 16.7 Å². The van der Waals surface area contributed by atoms with Crippen LogP contribution in [-0.4, -0.2) is 18.3 Å². The lowest BCUT2D eigenvalue weighted by molar-refractivity contribution is 0.286. The number of unbranched alkanes of at least 4 members (excludes halogenated alkanes) is 1. The molecule has 1 aromatic carbocycles. The summed E-state index contributed by atoms with van der Waals surface area (Å²) in [5, 5.41) is 12.1. The Kier molecular flexibility index (Phi) is 4.70. The molecular weight excluding hydrogens is 205 g/mol. The highest BCUT2D eigenvalue weighted by molar-refractivity contribution is 6.33. The summed E-state index contributed by atoms with van der Waals surface area (Å²) in [5.74, 6) is -0.306. The highest BCUT2D eigenvalue weighted by atomic mass is 35.5. The van der Waals surface area contributed by atoms with E-state index in [2.05, 4.69) is 5.32 Å². The molecule has 0 unspecified atom stereocenters. The molecule has 0 atom stereocenters. The van der Waals surface area contributed by atoms with Gasteiger partial charge in [0.1, 0.15) is 5.82 Å². The molecule has 0 aliphatic carbocycles. The predicted molar refractivity (Wildman–Crippen MR) is 56.2 cm³/mol. The Labute approximate surface area is 87.7 Å². The van der Waals surface area contributed by atoms with Gasteiger partial charge >= 0.3 is 0 Å². The second-order valence-electron chi connectivity index (χ2n) is 2.98. The zero-order valence-electron chi connectivity index (χ0n) is 7.76. The van der Waals surface area contributed by atoms with E-state index in [1.807, 2.05) is 0 Å². The van der Waals surface area contributed by atoms with Crippen molar-refractivity contribution in [2.45, 2.75) is 12.8 Å². The highest BCUT2D eigenvalue weighted by Crippen LogP contribution is 2.22. The summed E-state index contributed by atoms with van der Waals surface area (Å²) in [4.78, 5) is 0. The topological polar surface area (TPSA) is 32.3 Å². The standard InChI is InChI=1S/C10H13ClFNO/c11-9-4-3-8(12)7-10(9)13-5-1-2-6-14/h3-4,7,13-14H,1-2,5-6H2. The van der Waals surface area contributed by atoms with E-state index in [1.54, 1.807) is 0 Å². The molecule has 0 aliphatic rings. The quantitative estimate of drug-likeness (QED) is 0.744. The van der Waals surface area contributed by atoms with Crippen LogP contribution in [0, 0.1) is 5.82 Å². The third kappa shape index (κ3) is 3.52. The molecule has 4 heteroatoms. The SMILES string of the molecule is OCCCCNc1cc(F)ccc1Cl. The Bertz CT molecular complexity index is 293. The van der Waals surface area contributed by atoms with Crippen molar-refractivity contribution in [1.82, 2.24) is 0 Å². The second-order valence-corrected chi connectivity index (χ2v) is 3.39. The lowest BCUT2D eigenvalue weighted by atomic mass is 10.3. The Morgan fingerprint density at radius 1 is 1.36 bits per heavy atom. The van der Waals surface area contributed by atoms with Crippen molar-refractivity contribution in [3.63, 3.8) is 0 Å². The zero-order valence-corrected chi connectivity index (χ0v) is 8.52. The number of anilines is 1. The molecule has 0 bridgehead atoms. The van der Waals surface area contributed by atoms with E-state index in [1.165, 1.54) is 18.2 Å². The summed E-state index contributed by atoms with van der Waals surface area (Å²) in [5.41, 5.74) is 0.601. The minimum atomic E-state index is -0.306. The van der Waals surface area contributed by atoms with Crippen LogP contribution in [0.5, 0.6) is 0 Å². The average Bonchev–Trinajstić information content (AvgIpc) is 2.18. The van der Waals surface area contributed by atoms with Gasteiger partial charge in [-0.1, -0.05) is 11.6 Å². The summed E-state index contributed by atoms with van der Waals surface area (Å²) < 4.78 is 12.8. The molecule has 0 saturated carbocycles. The Hall–Kier alpha value is -0.800. The van der Waals surface area contributed by atoms with Crippen LogP contribution < -0.4 is 5.32 Å². The first-order valence-corrected chi connectivity index (χ1v) is 4.91. The summed E-state index contributed by atoms with van der Waals surface area (Å²) in [6, 6.07) is 4.20. The summed E-state index contributed by atoms with van der Waals surface area (Å²) in [6.45, 7) is 0.863. The normalized spacial score (nSPS) is 10.2. The molecule has 0 aromatic heterocycles. The largest absolute Gasteiger partial charge is 0.396 e. The van der Waals surface area contributed by atoms with Crippen molar-refractivity contribution in [1.29, 1.82) is 0 Å². The minimum Gasteiger partial charge on any atom is -0.396 e. The van der Waals surface area contributed by atoms with Crippen molar-refractivity contribution < 1.29 is 9.50 Å². The van der Waals surface area contributed by atoms with E-state index >= 15 is 0 Å². The summed E-state index contributed by atoms with van der Waals surface area (Å²) in [6.07, 6.45) is 1.57.